The highest BCUT2D eigenvalue weighted by molar-refractivity contribution is 6.26. The molecule has 2 heterocycles. The fraction of sp³-hybridized carbons (Fsp3) is 0. The molecule has 0 N–H and O–H groups in total. The average Bonchev–Trinajstić information content (AvgIpc) is 1.04. The first-order valence-electron chi connectivity index (χ1n) is 59.6. The van der Waals surface area contributed by atoms with Gasteiger partial charge in [0.25, 0.3) is 0 Å². The van der Waals surface area contributed by atoms with Crippen LogP contribution in [-0.4, -0.2) is 0 Å². The number of rotatable bonds is 7. The van der Waals surface area contributed by atoms with Crippen molar-refractivity contribution in [1.29, 1.82) is 0 Å². The Morgan fingerprint density at radius 3 is 0.920 bits per heavy atom. The maximum Gasteiger partial charge on any atom is 0.136 e. The number of fused-ring (bicyclic) bond motifs is 14. The molecule has 0 bridgehead atoms. The van der Waals surface area contributed by atoms with E-state index < -0.39 is 570 Å². The van der Waals surface area contributed by atoms with Crippen molar-refractivity contribution in [3.05, 3.63) is 363 Å². The van der Waals surface area contributed by atoms with Crippen LogP contribution in [0.15, 0.2) is 371 Å². The number of hydrogen-bond acceptors (Lipinski definition) is 2. The molecular weight excluding hydrogens is 1210 g/mol. The van der Waals surface area contributed by atoms with Gasteiger partial charge in [0.15, 0.2) is 0 Å². The third-order valence-corrected chi connectivity index (χ3v) is 16.3. The van der Waals surface area contributed by atoms with E-state index in [4.69, 9.17) is 56.8 Å². The quantitative estimate of drug-likeness (QED) is 0.149. The largest absolute Gasteiger partial charge is 0.456 e. The zero-order chi connectivity index (χ0) is 118. The Morgan fingerprint density at radius 2 is 0.460 bits per heavy atom. The molecule has 0 radical (unpaired) electrons. The van der Waals surface area contributed by atoms with Gasteiger partial charge in [-0.15, -0.1) is 0 Å². The SMILES string of the molecule is [2H]c1c(-c2c3c([2H])c([2H])c([2H])c([2H])c3c(-c3c([2H])c([2H])c(-c4c([2H])c([2H])c5c([2H])c([2H])c([2H])c([2H])c5c4[2H])c4c([2H])c([2H])c([2H])c([2H])c34)c3c([2H])c([2H])c([2H])c([2H])c23)c([2H])c2c(oc3c([2H])c4c([2H])c([2H])c([2H])c([2H])c4c([2H])c32)c1[2H].[2H]c1c([2H])c([2H])c(-c2c([2H])c([2H])c(-c3c4c([2H])c([2H])c([2H])c([2H])c4c(-c4c([2H])c([2H])c5oc6c([2H])c7c([2H])c([2H])c([2H])c([2H])c7c([2H])c6c5c4[2H])c4c([2H])c([2H])c([2H])c([2H])c34)c([2H])c2-c2c([2H])c([2H])c([2H])c([2H])c2[2H])c([2H])c1[2H]. The minimum Gasteiger partial charge on any atom is -0.456 e. The smallest absolute Gasteiger partial charge is 0.136 e. The molecule has 100 heavy (non-hydrogen) atoms. The van der Waals surface area contributed by atoms with Crippen LogP contribution < -0.4 is 0 Å². The molecule has 2 nitrogen and oxygen atoms in total. The van der Waals surface area contributed by atoms with E-state index in [9.17, 15) is 34.3 Å². The fourth-order valence-electron chi connectivity index (χ4n) is 12.1. The molecule has 19 aromatic carbocycles. The summed E-state index contributed by atoms with van der Waals surface area (Å²) in [5, 5.41) is -13.4. The van der Waals surface area contributed by atoms with Crippen LogP contribution in [0.1, 0.15) is 82.2 Å². The van der Waals surface area contributed by atoms with Crippen molar-refractivity contribution in [1.82, 2.24) is 0 Å². The van der Waals surface area contributed by atoms with Gasteiger partial charge in [0.1, 0.15) is 22.3 Å². The molecule has 0 unspecified atom stereocenters. The molecule has 0 aliphatic carbocycles. The molecule has 464 valence electrons. The van der Waals surface area contributed by atoms with Crippen LogP contribution in [0, 0.1) is 0 Å². The van der Waals surface area contributed by atoms with Gasteiger partial charge >= 0.3 is 0 Å². The summed E-state index contributed by atoms with van der Waals surface area (Å²) in [5.41, 5.74) is -14.5. The summed E-state index contributed by atoms with van der Waals surface area (Å²) < 4.78 is 556. The van der Waals surface area contributed by atoms with E-state index in [2.05, 4.69) is 0 Å². The van der Waals surface area contributed by atoms with E-state index in [-0.39, 0.29) is 0 Å². The second kappa shape index (κ2) is 23.3. The molecule has 0 aliphatic heterocycles. The van der Waals surface area contributed by atoms with Crippen molar-refractivity contribution < 1.29 is 91.1 Å². The Bertz CT molecular complexity index is 10500. The van der Waals surface area contributed by atoms with Gasteiger partial charge in [-0.05, 0) is 224 Å². The summed E-state index contributed by atoms with van der Waals surface area (Å²) in [5.74, 6) is 0. The van der Waals surface area contributed by atoms with E-state index in [0.29, 0.717) is 0 Å². The number of benzene rings is 19. The van der Waals surface area contributed by atoms with Crippen LogP contribution in [0.4, 0.5) is 0 Å². The summed E-state index contributed by atoms with van der Waals surface area (Å²) in [6.07, 6.45) is 0. The minimum absolute atomic E-state index is 0.467. The van der Waals surface area contributed by atoms with Gasteiger partial charge in [-0.2, -0.15) is 0 Å². The Hall–Kier alpha value is -13.1. The molecule has 21 aromatic rings. The Balaban J connectivity index is 0.000000191. The molecule has 0 saturated heterocycles. The lowest BCUT2D eigenvalue weighted by atomic mass is 9.83. The van der Waals surface area contributed by atoms with E-state index in [1.54, 1.807) is 0 Å². The topological polar surface area (TPSA) is 26.3 Å². The first-order valence-corrected chi connectivity index (χ1v) is 29.6. The maximum absolute atomic E-state index is 10.1. The summed E-state index contributed by atoms with van der Waals surface area (Å²) in [6.45, 7) is 0. The molecular formula is C98H60O2. The lowest BCUT2D eigenvalue weighted by Gasteiger charge is -2.20. The van der Waals surface area contributed by atoms with Crippen molar-refractivity contribution in [2.75, 3.05) is 0 Å². The molecule has 0 amide bonds. The molecule has 0 spiro atoms. The highest BCUT2D eigenvalue weighted by Gasteiger charge is 2.23. The van der Waals surface area contributed by atoms with Crippen molar-refractivity contribution in [3.63, 3.8) is 0 Å². The van der Waals surface area contributed by atoms with Crippen LogP contribution in [0.2, 0.25) is 0 Å². The Kier molecular flexibility index (Phi) is 5.43. The first-order chi connectivity index (χ1) is 74.6. The van der Waals surface area contributed by atoms with E-state index >= 15 is 0 Å². The van der Waals surface area contributed by atoms with Crippen LogP contribution in [0.25, 0.3) is 208 Å². The van der Waals surface area contributed by atoms with Crippen molar-refractivity contribution in [3.8, 4) is 77.9 Å². The number of furan rings is 2. The summed E-state index contributed by atoms with van der Waals surface area (Å²) in [6, 6.07) is -57.9. The van der Waals surface area contributed by atoms with Crippen LogP contribution in [0.5, 0.6) is 0 Å². The summed E-state index contributed by atoms with van der Waals surface area (Å²) >= 11 is 0. The molecule has 0 saturated carbocycles. The second-order valence-electron chi connectivity index (χ2n) is 21.8. The van der Waals surface area contributed by atoms with Gasteiger partial charge in [-0.25, -0.2) is 0 Å². The summed E-state index contributed by atoms with van der Waals surface area (Å²) in [4.78, 5) is 0. The van der Waals surface area contributed by atoms with Crippen LogP contribution in [0.3, 0.4) is 0 Å². The maximum atomic E-state index is 10.1. The fourth-order valence-corrected chi connectivity index (χ4v) is 12.1. The molecule has 0 aliphatic rings. The zero-order valence-electron chi connectivity index (χ0n) is 110. The third kappa shape index (κ3) is 9.41. The molecule has 2 aromatic heterocycles. The Labute approximate surface area is 661 Å². The lowest BCUT2D eigenvalue weighted by Crippen LogP contribution is -1.92. The molecule has 0 atom stereocenters. The third-order valence-electron chi connectivity index (χ3n) is 16.3. The van der Waals surface area contributed by atoms with Gasteiger partial charge in [0.05, 0.1) is 82.2 Å². The van der Waals surface area contributed by atoms with E-state index in [1.807, 2.05) is 0 Å². The predicted octanol–water partition coefficient (Wildman–Crippen LogP) is 28.1. The van der Waals surface area contributed by atoms with Gasteiger partial charge in [0, 0.05) is 21.5 Å². The molecule has 2 heteroatoms. The Morgan fingerprint density at radius 1 is 0.150 bits per heavy atom. The zero-order valence-corrected chi connectivity index (χ0v) is 49.8. The molecule has 21 rings (SSSR count). The summed E-state index contributed by atoms with van der Waals surface area (Å²) in [7, 11) is 0. The second-order valence-corrected chi connectivity index (χ2v) is 21.8. The van der Waals surface area contributed by atoms with E-state index in [1.165, 1.54) is 0 Å². The van der Waals surface area contributed by atoms with Gasteiger partial charge in [-0.1, -0.05) is 302 Å². The lowest BCUT2D eigenvalue weighted by molar-refractivity contribution is 0.669. The van der Waals surface area contributed by atoms with Crippen LogP contribution >= 0.6 is 0 Å². The number of hydrogen-bond donors (Lipinski definition) is 0. The van der Waals surface area contributed by atoms with Crippen molar-refractivity contribution in [2.45, 2.75) is 0 Å². The monoisotopic (exact) mass is 1330 g/mol. The highest BCUT2D eigenvalue weighted by Crippen LogP contribution is 2.50. The highest BCUT2D eigenvalue weighted by atomic mass is 16.3. The van der Waals surface area contributed by atoms with Crippen molar-refractivity contribution >= 4 is 130 Å². The predicted molar refractivity (Wildman–Crippen MR) is 426 cm³/mol. The van der Waals surface area contributed by atoms with E-state index in [0.717, 1.165) is 0 Å². The van der Waals surface area contributed by atoms with Gasteiger partial charge in [-0.3, -0.25) is 0 Å². The van der Waals surface area contributed by atoms with Gasteiger partial charge in [0.2, 0.25) is 0 Å². The minimum atomic E-state index is -1.20. The normalized spacial score (nSPS) is 20.2. The van der Waals surface area contributed by atoms with Crippen LogP contribution in [-0.2, 0) is 0 Å². The average molecular weight is 1330 g/mol. The van der Waals surface area contributed by atoms with Crippen molar-refractivity contribution in [2.24, 2.45) is 0 Å². The first kappa shape index (κ1) is 23.3. The van der Waals surface area contributed by atoms with Gasteiger partial charge < -0.3 is 8.83 Å². The standard InChI is InChI=1S/C50H30O.C48H30O/c1-2-12-32-27-35(22-21-31(32)11-1)37-24-25-44(39-16-6-5-15-38(37)39)50-42-19-9-7-17-40(42)49(41-18-8-10-20-43(41)50)36-23-26-47-45(29-36)46-28-33-13-3-4-14-34(33)30-48(46)51-47;1-3-13-31(14-4-1)37-25-23-35(28-42(37)32-15-5-2-6-16-32)47-38-19-9-11-21-40(38)48(41-22-12-10-20-39(41)47)36-24-26-45-43(29-36)44-27-33-17-7-8-18-34(33)30-46(44)49-45/h1-30H;1-30H/i2*1D,2D,3D,4D,5D,6D,7D,8D,9D,10D,11D,12D,13D,14D,15D,16D,17D,18D,19D,20D,21D,22D,23D,24D,25D,26D,27D,28D,29D,30D. The molecule has 0 fully saturated rings.